The number of nitrogens with zero attached hydrogens (tertiary/aromatic N) is 2. The molecule has 0 unspecified atom stereocenters. The maximum Gasteiger partial charge on any atom is 0.274 e. The third kappa shape index (κ3) is 3.97. The number of halogens is 3. The molecular weight excluding hydrogens is 460 g/mol. The zero-order valence-corrected chi connectivity index (χ0v) is 18.7. The fourth-order valence-corrected chi connectivity index (χ4v) is 4.58. The average molecular weight is 482 g/mol. The number of pyridine rings is 1. The van der Waals surface area contributed by atoms with Crippen LogP contribution in [0.15, 0.2) is 23.1 Å². The Morgan fingerprint density at radius 3 is 2.73 bits per heavy atom. The first-order chi connectivity index (χ1) is 15.8. The zero-order valence-electron chi connectivity index (χ0n) is 18.0. The van der Waals surface area contributed by atoms with E-state index in [4.69, 9.17) is 21.1 Å². The van der Waals surface area contributed by atoms with E-state index in [-0.39, 0.29) is 52.1 Å². The highest BCUT2D eigenvalue weighted by molar-refractivity contribution is 6.30. The van der Waals surface area contributed by atoms with Crippen molar-refractivity contribution >= 4 is 23.4 Å². The minimum Gasteiger partial charge on any atom is -0.491 e. The Bertz CT molecular complexity index is 1190. The van der Waals surface area contributed by atoms with Gasteiger partial charge in [0.15, 0.2) is 11.4 Å². The number of aromatic nitrogens is 1. The standard InChI is InChI=1S/C22H22ClF2N3O5/c1-3-27-17-10-33-5-4-16(17)28-9-12(19(29)20(32-2)18(28)22(27)31)21(30)26-8-11-6-13(23)15(25)7-14(11)24/h6-7,9,16-17H,3-5,8,10H2,1-2H3,(H,26,30)/t16-,17+/m0/s1. The molecular formula is C22H22ClF2N3O5. The number of ether oxygens (including phenoxy) is 2. The van der Waals surface area contributed by atoms with Gasteiger partial charge in [0.1, 0.15) is 17.2 Å². The van der Waals surface area contributed by atoms with Crippen LogP contribution in [0.3, 0.4) is 0 Å². The van der Waals surface area contributed by atoms with Gasteiger partial charge >= 0.3 is 0 Å². The summed E-state index contributed by atoms with van der Waals surface area (Å²) in [5, 5.41) is 2.16. The van der Waals surface area contributed by atoms with E-state index >= 15 is 0 Å². The number of amides is 2. The number of carbonyl (C=O) groups is 2. The van der Waals surface area contributed by atoms with E-state index in [0.29, 0.717) is 32.2 Å². The first-order valence-corrected chi connectivity index (χ1v) is 10.8. The van der Waals surface area contributed by atoms with Gasteiger partial charge < -0.3 is 24.3 Å². The lowest BCUT2D eigenvalue weighted by atomic mass is 9.96. The van der Waals surface area contributed by atoms with Crippen molar-refractivity contribution in [2.45, 2.75) is 32.0 Å². The molecule has 8 nitrogen and oxygen atoms in total. The Kier molecular flexibility index (Phi) is 6.40. The number of hydrogen-bond donors (Lipinski definition) is 1. The van der Waals surface area contributed by atoms with E-state index in [1.54, 1.807) is 9.47 Å². The second-order valence-corrected chi connectivity index (χ2v) is 8.20. The van der Waals surface area contributed by atoms with Gasteiger partial charge in [-0.05, 0) is 19.4 Å². The Morgan fingerprint density at radius 1 is 1.27 bits per heavy atom. The highest BCUT2D eigenvalue weighted by Crippen LogP contribution is 2.35. The molecule has 0 spiro atoms. The molecule has 176 valence electrons. The molecule has 1 fully saturated rings. The molecule has 0 aliphatic carbocycles. The number of rotatable bonds is 5. The van der Waals surface area contributed by atoms with Gasteiger partial charge in [-0.2, -0.15) is 0 Å². The molecule has 33 heavy (non-hydrogen) atoms. The second-order valence-electron chi connectivity index (χ2n) is 7.79. The molecule has 2 atom stereocenters. The Balaban J connectivity index is 1.72. The molecule has 3 heterocycles. The summed E-state index contributed by atoms with van der Waals surface area (Å²) in [6.45, 7) is 2.75. The number of likely N-dealkylation sites (N-methyl/N-ethyl adjacent to an activating group) is 1. The quantitative estimate of drug-likeness (QED) is 0.663. The summed E-state index contributed by atoms with van der Waals surface area (Å²) < 4.78 is 39.8. The molecule has 1 aromatic heterocycles. The maximum atomic E-state index is 14.0. The fourth-order valence-electron chi connectivity index (χ4n) is 4.40. The minimum atomic E-state index is -0.918. The molecule has 11 heteroatoms. The first kappa shape index (κ1) is 23.2. The van der Waals surface area contributed by atoms with Gasteiger partial charge in [-0.3, -0.25) is 14.4 Å². The number of methoxy groups -OCH3 is 1. The van der Waals surface area contributed by atoms with Gasteiger partial charge in [0, 0.05) is 37.5 Å². The van der Waals surface area contributed by atoms with Crippen molar-refractivity contribution in [2.75, 3.05) is 26.9 Å². The van der Waals surface area contributed by atoms with Crippen molar-refractivity contribution in [1.29, 1.82) is 0 Å². The molecule has 0 bridgehead atoms. The van der Waals surface area contributed by atoms with Crippen LogP contribution in [0, 0.1) is 11.6 Å². The number of nitrogens with one attached hydrogen (secondary N) is 1. The molecule has 2 aliphatic rings. The summed E-state index contributed by atoms with van der Waals surface area (Å²) in [4.78, 5) is 40.7. The number of benzene rings is 1. The predicted molar refractivity (Wildman–Crippen MR) is 115 cm³/mol. The van der Waals surface area contributed by atoms with E-state index in [1.807, 2.05) is 6.92 Å². The maximum absolute atomic E-state index is 14.0. The van der Waals surface area contributed by atoms with Gasteiger partial charge in [0.05, 0.1) is 30.8 Å². The summed E-state index contributed by atoms with van der Waals surface area (Å²) >= 11 is 5.69. The Morgan fingerprint density at radius 2 is 2.03 bits per heavy atom. The SMILES string of the molecule is CCN1C(=O)c2c(OC)c(=O)c(C(=O)NCc3cc(Cl)c(F)cc3F)cn2[C@H]2CCOC[C@H]21. The van der Waals surface area contributed by atoms with E-state index in [2.05, 4.69) is 5.32 Å². The summed E-state index contributed by atoms with van der Waals surface area (Å²) in [6.07, 6.45) is 1.92. The molecule has 0 radical (unpaired) electrons. The lowest BCUT2D eigenvalue weighted by molar-refractivity contribution is -0.0176. The molecule has 1 aromatic carbocycles. The molecule has 2 aromatic rings. The minimum absolute atomic E-state index is 0.0435. The van der Waals surface area contributed by atoms with Crippen LogP contribution in [0.4, 0.5) is 8.78 Å². The average Bonchev–Trinajstić information content (AvgIpc) is 2.80. The van der Waals surface area contributed by atoms with Crippen LogP contribution < -0.4 is 15.5 Å². The van der Waals surface area contributed by atoms with Crippen LogP contribution in [-0.4, -0.2) is 54.2 Å². The van der Waals surface area contributed by atoms with Crippen LogP contribution in [0.5, 0.6) is 5.75 Å². The van der Waals surface area contributed by atoms with E-state index < -0.39 is 23.0 Å². The smallest absolute Gasteiger partial charge is 0.274 e. The molecule has 0 saturated carbocycles. The predicted octanol–water partition coefficient (Wildman–Crippen LogP) is 2.52. The molecule has 1 N–H and O–H groups in total. The molecule has 4 rings (SSSR count). The van der Waals surface area contributed by atoms with Crippen molar-refractivity contribution in [1.82, 2.24) is 14.8 Å². The van der Waals surface area contributed by atoms with Crippen molar-refractivity contribution in [3.63, 3.8) is 0 Å². The van der Waals surface area contributed by atoms with Crippen LogP contribution in [0.25, 0.3) is 0 Å². The molecule has 1 saturated heterocycles. The van der Waals surface area contributed by atoms with Crippen molar-refractivity contribution in [3.05, 3.63) is 62.0 Å². The summed E-state index contributed by atoms with van der Waals surface area (Å²) in [6, 6.07) is 1.23. The summed E-state index contributed by atoms with van der Waals surface area (Å²) in [5.74, 6) is -3.20. The van der Waals surface area contributed by atoms with Gasteiger partial charge in [-0.1, -0.05) is 11.6 Å². The van der Waals surface area contributed by atoms with Crippen molar-refractivity contribution < 1.29 is 27.8 Å². The summed E-state index contributed by atoms with van der Waals surface area (Å²) in [7, 11) is 1.26. The third-order valence-corrected chi connectivity index (χ3v) is 6.31. The van der Waals surface area contributed by atoms with Gasteiger partial charge in [0.2, 0.25) is 5.43 Å². The van der Waals surface area contributed by atoms with Crippen molar-refractivity contribution in [3.8, 4) is 5.75 Å². The van der Waals surface area contributed by atoms with E-state index in [0.717, 1.165) is 6.07 Å². The highest BCUT2D eigenvalue weighted by Gasteiger charge is 2.43. The molecule has 2 aliphatic heterocycles. The first-order valence-electron chi connectivity index (χ1n) is 10.4. The summed E-state index contributed by atoms with van der Waals surface area (Å²) in [5.41, 5.74) is -0.973. The van der Waals surface area contributed by atoms with Gasteiger partial charge in [0.25, 0.3) is 11.8 Å². The van der Waals surface area contributed by atoms with Crippen LogP contribution in [-0.2, 0) is 11.3 Å². The topological polar surface area (TPSA) is 89.9 Å². The lowest BCUT2D eigenvalue weighted by Crippen LogP contribution is -2.55. The fraction of sp³-hybridized carbons (Fsp3) is 0.409. The second kappa shape index (κ2) is 9.11. The molecule has 2 amide bonds. The number of fused-ring (bicyclic) bond motifs is 3. The van der Waals surface area contributed by atoms with Gasteiger partial charge in [-0.15, -0.1) is 0 Å². The Hall–Kier alpha value is -2.98. The van der Waals surface area contributed by atoms with Crippen LogP contribution in [0.2, 0.25) is 5.02 Å². The monoisotopic (exact) mass is 481 g/mol. The van der Waals surface area contributed by atoms with Crippen molar-refractivity contribution in [2.24, 2.45) is 0 Å². The Labute approximate surface area is 193 Å². The zero-order chi connectivity index (χ0) is 23.9. The normalized spacial score (nSPS) is 19.7. The van der Waals surface area contributed by atoms with Gasteiger partial charge in [-0.25, -0.2) is 8.78 Å². The highest BCUT2D eigenvalue weighted by atomic mass is 35.5. The van der Waals surface area contributed by atoms with E-state index in [1.165, 1.54) is 13.3 Å². The largest absolute Gasteiger partial charge is 0.491 e. The number of carbonyl (C=O) groups excluding carboxylic acids is 2. The lowest BCUT2D eigenvalue weighted by Gasteiger charge is -2.45. The number of hydrogen-bond acceptors (Lipinski definition) is 5. The third-order valence-electron chi connectivity index (χ3n) is 6.02. The van der Waals surface area contributed by atoms with Crippen LogP contribution in [0.1, 0.15) is 45.8 Å². The van der Waals surface area contributed by atoms with E-state index in [9.17, 15) is 23.2 Å². The van der Waals surface area contributed by atoms with Crippen LogP contribution >= 0.6 is 11.6 Å².